The van der Waals surface area contributed by atoms with Crippen molar-refractivity contribution >= 4 is 13.7 Å². The lowest BCUT2D eigenvalue weighted by Gasteiger charge is -2.29. The summed E-state index contributed by atoms with van der Waals surface area (Å²) in [5, 5.41) is 13.8. The number of phosphoric acid groups is 1. The van der Waals surface area contributed by atoms with E-state index in [1.807, 2.05) is 27.2 Å². The van der Waals surface area contributed by atoms with Crippen LogP contribution in [0, 0.1) is 0 Å². The highest BCUT2D eigenvalue weighted by atomic mass is 31.2. The maximum absolute atomic E-state index is 12.9. The van der Waals surface area contributed by atoms with Crippen LogP contribution in [-0.2, 0) is 18.4 Å². The van der Waals surface area contributed by atoms with Crippen LogP contribution >= 0.6 is 7.82 Å². The number of quaternary nitrogens is 1. The van der Waals surface area contributed by atoms with Gasteiger partial charge >= 0.3 is 0 Å². The van der Waals surface area contributed by atoms with E-state index in [1.165, 1.54) is 212 Å². The molecule has 3 unspecified atom stereocenters. The van der Waals surface area contributed by atoms with Gasteiger partial charge in [0.15, 0.2) is 0 Å². The third kappa shape index (κ3) is 57.7. The number of hydrogen-bond donors (Lipinski definition) is 2. The molecule has 0 bridgehead atoms. The van der Waals surface area contributed by atoms with Crippen LogP contribution in [0.15, 0.2) is 60.8 Å². The van der Waals surface area contributed by atoms with Crippen molar-refractivity contribution in [3.63, 3.8) is 0 Å². The van der Waals surface area contributed by atoms with Crippen molar-refractivity contribution in [2.75, 3.05) is 40.9 Å². The zero-order chi connectivity index (χ0) is 53.5. The van der Waals surface area contributed by atoms with E-state index in [1.54, 1.807) is 6.08 Å². The fraction of sp³-hybridized carbons (Fsp3) is 0.828. The van der Waals surface area contributed by atoms with Gasteiger partial charge in [0, 0.05) is 6.42 Å². The second-order valence-electron chi connectivity index (χ2n) is 22.4. The molecule has 0 aromatic rings. The molecule has 0 aliphatic rings. The van der Waals surface area contributed by atoms with Crippen LogP contribution in [0.2, 0.25) is 0 Å². The van der Waals surface area contributed by atoms with Crippen molar-refractivity contribution in [3.8, 4) is 0 Å². The number of carbonyl (C=O) groups excluding carboxylic acids is 1. The highest BCUT2D eigenvalue weighted by Crippen LogP contribution is 2.38. The number of carbonyl (C=O) groups is 1. The van der Waals surface area contributed by atoms with Gasteiger partial charge < -0.3 is 28.8 Å². The van der Waals surface area contributed by atoms with Gasteiger partial charge in [-0.3, -0.25) is 9.36 Å². The first-order chi connectivity index (χ1) is 35.5. The first-order valence-corrected chi connectivity index (χ1v) is 32.6. The van der Waals surface area contributed by atoms with Gasteiger partial charge in [-0.25, -0.2) is 0 Å². The molecule has 0 saturated heterocycles. The number of aliphatic hydroxyl groups is 1. The van der Waals surface area contributed by atoms with Crippen LogP contribution in [0.25, 0.3) is 0 Å². The van der Waals surface area contributed by atoms with E-state index in [0.717, 1.165) is 57.8 Å². The van der Waals surface area contributed by atoms with E-state index in [9.17, 15) is 19.4 Å². The van der Waals surface area contributed by atoms with Crippen molar-refractivity contribution in [2.45, 2.75) is 302 Å². The number of hydrogen-bond acceptors (Lipinski definition) is 6. The summed E-state index contributed by atoms with van der Waals surface area (Å²) < 4.78 is 23.3. The average Bonchev–Trinajstić information content (AvgIpc) is 3.35. The van der Waals surface area contributed by atoms with Gasteiger partial charge in [-0.05, 0) is 70.6 Å². The zero-order valence-electron chi connectivity index (χ0n) is 48.8. The molecule has 8 nitrogen and oxygen atoms in total. The molecule has 1 amide bonds. The number of allylic oxidation sites excluding steroid dienone is 9. The molecule has 428 valence electrons. The number of unbranched alkanes of at least 4 members (excludes halogenated alkanes) is 36. The minimum absolute atomic E-state index is 0.00898. The topological polar surface area (TPSA) is 108 Å². The molecule has 2 N–H and O–H groups in total. The summed E-state index contributed by atoms with van der Waals surface area (Å²) in [7, 11) is 1.24. The zero-order valence-corrected chi connectivity index (χ0v) is 49.7. The Morgan fingerprint density at radius 3 is 1.23 bits per heavy atom. The molecule has 0 rings (SSSR count). The lowest BCUT2D eigenvalue weighted by atomic mass is 10.0. The van der Waals surface area contributed by atoms with Gasteiger partial charge in [0.05, 0.1) is 39.9 Å². The molecule has 0 saturated carbocycles. The molecule has 0 aliphatic carbocycles. The third-order valence-corrected chi connectivity index (χ3v) is 14.9. The molecule has 73 heavy (non-hydrogen) atoms. The molecular weight excluding hydrogens is 924 g/mol. The van der Waals surface area contributed by atoms with E-state index in [-0.39, 0.29) is 12.5 Å². The molecule has 9 heteroatoms. The SMILES string of the molecule is CCCC/C=C/CC/C=C/CC/C=C/C(O)C(COP(=O)([O-])OCC[N+](C)(C)C)NC(=O)CCCCCCCCCCCCCCCCCCCCCCCCCCCCC/C=C\C/C=C\CCCCCCC. The second kappa shape index (κ2) is 55.0. The van der Waals surface area contributed by atoms with Gasteiger partial charge in [-0.2, -0.15) is 0 Å². The van der Waals surface area contributed by atoms with Gasteiger partial charge in [0.25, 0.3) is 7.82 Å². The highest BCUT2D eigenvalue weighted by molar-refractivity contribution is 7.45. The number of aliphatic hydroxyl groups excluding tert-OH is 1. The lowest BCUT2D eigenvalue weighted by molar-refractivity contribution is -0.870. The van der Waals surface area contributed by atoms with Crippen LogP contribution in [0.4, 0.5) is 0 Å². The summed E-state index contributed by atoms with van der Waals surface area (Å²) in [6.45, 7) is 4.57. The number of phosphoric ester groups is 1. The van der Waals surface area contributed by atoms with Crippen LogP contribution < -0.4 is 10.2 Å². The summed E-state index contributed by atoms with van der Waals surface area (Å²) in [5.41, 5.74) is 0. The van der Waals surface area contributed by atoms with Gasteiger partial charge in [0.1, 0.15) is 13.2 Å². The molecule has 0 spiro atoms. The Hall–Kier alpha value is -1.80. The Kier molecular flexibility index (Phi) is 53.6. The number of likely N-dealkylation sites (N-methyl/N-ethyl adjacent to an activating group) is 1. The summed E-state index contributed by atoms with van der Waals surface area (Å²) in [6.07, 6.45) is 75.0. The third-order valence-electron chi connectivity index (χ3n) is 13.9. The van der Waals surface area contributed by atoms with Crippen LogP contribution in [0.5, 0.6) is 0 Å². The standard InChI is InChI=1S/C64H121N2O6P/c1-6-8-10-12-14-16-18-20-21-22-23-24-25-26-27-28-29-30-31-32-33-34-35-36-37-38-39-40-41-42-43-44-45-46-48-50-52-54-56-58-64(68)65-62(61-72-73(69,70)71-60-59-66(3,4)5)63(67)57-55-53-51-49-47-19-17-15-13-11-9-7-2/h13,15,18,20,22-23,47,49,55,57,62-63,67H,6-12,14,16-17,19,21,24-46,48,50-54,56,58-61H2,1-5H3,(H-,65,68,69,70)/b15-13+,20-18-,23-22-,49-47+,57-55+. The molecule has 0 heterocycles. The Balaban J connectivity index is 3.87. The Labute approximate surface area is 453 Å². The van der Waals surface area contributed by atoms with Crippen LogP contribution in [0.1, 0.15) is 290 Å². The summed E-state index contributed by atoms with van der Waals surface area (Å²) >= 11 is 0. The quantitative estimate of drug-likeness (QED) is 0.0272. The Morgan fingerprint density at radius 1 is 0.479 bits per heavy atom. The van der Waals surface area contributed by atoms with Crippen molar-refractivity contribution < 1.29 is 32.9 Å². The monoisotopic (exact) mass is 1040 g/mol. The molecule has 3 atom stereocenters. The van der Waals surface area contributed by atoms with E-state index in [0.29, 0.717) is 17.4 Å². The maximum Gasteiger partial charge on any atom is 0.268 e. The number of nitrogens with one attached hydrogen (secondary N) is 1. The first kappa shape index (κ1) is 71.2. The second-order valence-corrected chi connectivity index (χ2v) is 23.8. The number of amides is 1. The summed E-state index contributed by atoms with van der Waals surface area (Å²) in [5.74, 6) is -0.209. The van der Waals surface area contributed by atoms with Crippen molar-refractivity contribution in [1.29, 1.82) is 0 Å². The average molecular weight is 1050 g/mol. The predicted octanol–water partition coefficient (Wildman–Crippen LogP) is 18.6. The van der Waals surface area contributed by atoms with Crippen molar-refractivity contribution in [3.05, 3.63) is 60.8 Å². The number of rotatable bonds is 57. The molecule has 0 aromatic heterocycles. The van der Waals surface area contributed by atoms with Gasteiger partial charge in [-0.1, -0.05) is 274 Å². The molecular formula is C64H121N2O6P. The largest absolute Gasteiger partial charge is 0.756 e. The Bertz CT molecular complexity index is 1370. The molecule has 0 aliphatic heterocycles. The fourth-order valence-electron chi connectivity index (χ4n) is 9.03. The minimum Gasteiger partial charge on any atom is -0.756 e. The van der Waals surface area contributed by atoms with Crippen molar-refractivity contribution in [1.82, 2.24) is 5.32 Å². The predicted molar refractivity (Wildman–Crippen MR) is 316 cm³/mol. The first-order valence-electron chi connectivity index (χ1n) is 31.2. The van der Waals surface area contributed by atoms with E-state index in [4.69, 9.17) is 9.05 Å². The highest BCUT2D eigenvalue weighted by Gasteiger charge is 2.23. The van der Waals surface area contributed by atoms with E-state index in [2.05, 4.69) is 67.8 Å². The van der Waals surface area contributed by atoms with E-state index >= 15 is 0 Å². The van der Waals surface area contributed by atoms with Crippen molar-refractivity contribution in [2.24, 2.45) is 0 Å². The molecule has 0 radical (unpaired) electrons. The van der Waals surface area contributed by atoms with Gasteiger partial charge in [0.2, 0.25) is 5.91 Å². The smallest absolute Gasteiger partial charge is 0.268 e. The molecule has 0 aromatic carbocycles. The summed E-state index contributed by atoms with van der Waals surface area (Å²) in [6, 6.07) is -0.908. The maximum atomic E-state index is 12.9. The minimum atomic E-state index is -4.60. The number of nitrogens with zero attached hydrogens (tertiary/aromatic N) is 1. The normalized spacial score (nSPS) is 14.2. The Morgan fingerprint density at radius 2 is 0.822 bits per heavy atom. The van der Waals surface area contributed by atoms with Gasteiger partial charge in [-0.15, -0.1) is 0 Å². The molecule has 0 fully saturated rings. The van der Waals surface area contributed by atoms with Crippen LogP contribution in [0.3, 0.4) is 0 Å². The van der Waals surface area contributed by atoms with E-state index < -0.39 is 26.6 Å². The lowest BCUT2D eigenvalue weighted by Crippen LogP contribution is -2.45. The summed E-state index contributed by atoms with van der Waals surface area (Å²) in [4.78, 5) is 25.4. The van der Waals surface area contributed by atoms with Crippen LogP contribution in [-0.4, -0.2) is 68.5 Å². The fourth-order valence-corrected chi connectivity index (χ4v) is 9.75.